The first-order chi connectivity index (χ1) is 7.66. The van der Waals surface area contributed by atoms with Crippen molar-refractivity contribution in [2.24, 2.45) is 7.05 Å². The second-order valence-corrected chi connectivity index (χ2v) is 4.34. The van der Waals surface area contributed by atoms with Crippen LogP contribution >= 0.6 is 0 Å². The van der Waals surface area contributed by atoms with E-state index in [-0.39, 0.29) is 11.9 Å². The number of rotatable bonds is 2. The summed E-state index contributed by atoms with van der Waals surface area (Å²) < 4.78 is 1.73. The maximum atomic E-state index is 12.0. The third-order valence-corrected chi connectivity index (χ3v) is 2.94. The Balaban J connectivity index is 1.96. The van der Waals surface area contributed by atoms with Crippen LogP contribution in [0.15, 0.2) is 12.4 Å². The van der Waals surface area contributed by atoms with Gasteiger partial charge in [-0.05, 0) is 12.5 Å². The number of aromatic nitrogens is 2. The lowest BCUT2D eigenvalue weighted by molar-refractivity contribution is -0.133. The number of carbonyl (C=O) groups is 1. The van der Waals surface area contributed by atoms with Crippen LogP contribution in [0.1, 0.15) is 12.5 Å². The zero-order valence-electron chi connectivity index (χ0n) is 9.81. The van der Waals surface area contributed by atoms with E-state index in [2.05, 4.69) is 17.3 Å². The van der Waals surface area contributed by atoms with Crippen LogP contribution in [0.3, 0.4) is 0 Å². The van der Waals surface area contributed by atoms with Crippen LogP contribution in [0.25, 0.3) is 0 Å². The number of carbonyl (C=O) groups excluding carboxylic acids is 1. The number of hydrogen-bond donors (Lipinski definition) is 1. The summed E-state index contributed by atoms with van der Waals surface area (Å²) in [6.07, 6.45) is 4.10. The molecule has 1 unspecified atom stereocenters. The highest BCUT2D eigenvalue weighted by Crippen LogP contribution is 2.07. The van der Waals surface area contributed by atoms with E-state index in [0.717, 1.165) is 25.2 Å². The number of aryl methyl sites for hydroxylation is 1. The molecule has 1 aliphatic rings. The highest BCUT2D eigenvalue weighted by Gasteiger charge is 2.22. The Labute approximate surface area is 95.4 Å². The van der Waals surface area contributed by atoms with Gasteiger partial charge in [0.1, 0.15) is 0 Å². The van der Waals surface area contributed by atoms with Crippen LogP contribution in [0.2, 0.25) is 0 Å². The summed E-state index contributed by atoms with van der Waals surface area (Å²) in [6.45, 7) is 4.66. The van der Waals surface area contributed by atoms with Gasteiger partial charge in [-0.3, -0.25) is 9.48 Å². The van der Waals surface area contributed by atoms with Gasteiger partial charge in [0.15, 0.2) is 0 Å². The second-order valence-electron chi connectivity index (χ2n) is 4.34. The Kier molecular flexibility index (Phi) is 3.24. The quantitative estimate of drug-likeness (QED) is 0.753. The smallest absolute Gasteiger partial charge is 0.227 e. The van der Waals surface area contributed by atoms with Crippen LogP contribution in [-0.4, -0.2) is 46.3 Å². The summed E-state index contributed by atoms with van der Waals surface area (Å²) in [7, 11) is 1.86. The topological polar surface area (TPSA) is 50.2 Å². The molecule has 5 nitrogen and oxygen atoms in total. The van der Waals surface area contributed by atoms with Gasteiger partial charge >= 0.3 is 0 Å². The van der Waals surface area contributed by atoms with Crippen LogP contribution < -0.4 is 5.32 Å². The van der Waals surface area contributed by atoms with E-state index in [1.807, 2.05) is 18.1 Å². The molecule has 1 aromatic heterocycles. The Morgan fingerprint density at radius 1 is 1.69 bits per heavy atom. The summed E-state index contributed by atoms with van der Waals surface area (Å²) >= 11 is 0. The molecular formula is C11H18N4O. The van der Waals surface area contributed by atoms with E-state index in [1.54, 1.807) is 10.9 Å². The maximum absolute atomic E-state index is 12.0. The van der Waals surface area contributed by atoms with Crippen molar-refractivity contribution in [3.05, 3.63) is 18.0 Å². The minimum absolute atomic E-state index is 0.196. The highest BCUT2D eigenvalue weighted by molar-refractivity contribution is 5.79. The number of nitrogens with one attached hydrogen (secondary N) is 1. The third-order valence-electron chi connectivity index (χ3n) is 2.94. The van der Waals surface area contributed by atoms with E-state index < -0.39 is 0 Å². The van der Waals surface area contributed by atoms with Gasteiger partial charge in [-0.25, -0.2) is 0 Å². The number of hydrogen-bond acceptors (Lipinski definition) is 3. The van der Waals surface area contributed by atoms with Crippen molar-refractivity contribution in [2.75, 3.05) is 19.6 Å². The van der Waals surface area contributed by atoms with Gasteiger partial charge in [-0.2, -0.15) is 5.10 Å². The van der Waals surface area contributed by atoms with Crippen molar-refractivity contribution >= 4 is 5.91 Å². The van der Waals surface area contributed by atoms with E-state index in [0.29, 0.717) is 6.42 Å². The molecule has 0 bridgehead atoms. The van der Waals surface area contributed by atoms with Gasteiger partial charge in [0.2, 0.25) is 5.91 Å². The Morgan fingerprint density at radius 3 is 3.12 bits per heavy atom. The predicted octanol–water partition coefficient (Wildman–Crippen LogP) is -0.217. The van der Waals surface area contributed by atoms with E-state index >= 15 is 0 Å². The van der Waals surface area contributed by atoms with Crippen molar-refractivity contribution in [3.63, 3.8) is 0 Å². The monoisotopic (exact) mass is 222 g/mol. The molecule has 1 N–H and O–H groups in total. The molecule has 1 saturated heterocycles. The molecule has 0 aliphatic carbocycles. The Morgan fingerprint density at radius 2 is 2.50 bits per heavy atom. The fraction of sp³-hybridized carbons (Fsp3) is 0.636. The van der Waals surface area contributed by atoms with E-state index in [1.165, 1.54) is 0 Å². The molecule has 0 radical (unpaired) electrons. The second kappa shape index (κ2) is 4.65. The first-order valence-electron chi connectivity index (χ1n) is 5.64. The van der Waals surface area contributed by atoms with Gasteiger partial charge in [0, 0.05) is 38.9 Å². The molecule has 0 aromatic carbocycles. The lowest BCUT2D eigenvalue weighted by Crippen LogP contribution is -2.52. The van der Waals surface area contributed by atoms with Gasteiger partial charge < -0.3 is 10.2 Å². The van der Waals surface area contributed by atoms with Gasteiger partial charge in [-0.1, -0.05) is 0 Å². The molecule has 16 heavy (non-hydrogen) atoms. The zero-order chi connectivity index (χ0) is 11.5. The zero-order valence-corrected chi connectivity index (χ0v) is 9.81. The molecule has 2 rings (SSSR count). The number of nitrogens with zero attached hydrogens (tertiary/aromatic N) is 3. The molecule has 0 saturated carbocycles. The van der Waals surface area contributed by atoms with Crippen molar-refractivity contribution < 1.29 is 4.79 Å². The molecule has 1 amide bonds. The molecule has 5 heteroatoms. The highest BCUT2D eigenvalue weighted by atomic mass is 16.2. The molecule has 1 fully saturated rings. The maximum Gasteiger partial charge on any atom is 0.227 e. The van der Waals surface area contributed by atoms with Crippen LogP contribution in [0, 0.1) is 0 Å². The Bertz CT molecular complexity index is 374. The summed E-state index contributed by atoms with van der Waals surface area (Å²) in [5.74, 6) is 0.196. The first kappa shape index (κ1) is 11.1. The number of amides is 1. The minimum atomic E-state index is 0.196. The normalized spacial score (nSPS) is 21.1. The Hall–Kier alpha value is -1.36. The van der Waals surface area contributed by atoms with Crippen LogP contribution in [-0.2, 0) is 18.3 Å². The lowest BCUT2D eigenvalue weighted by Gasteiger charge is -2.34. The average Bonchev–Trinajstić information content (AvgIpc) is 2.64. The minimum Gasteiger partial charge on any atom is -0.337 e. The lowest BCUT2D eigenvalue weighted by atomic mass is 10.1. The molecule has 2 heterocycles. The van der Waals surface area contributed by atoms with Crippen LogP contribution in [0.5, 0.6) is 0 Å². The predicted molar refractivity (Wildman–Crippen MR) is 61.0 cm³/mol. The summed E-state index contributed by atoms with van der Waals surface area (Å²) in [5.41, 5.74) is 0.984. The molecule has 1 aliphatic heterocycles. The average molecular weight is 222 g/mol. The number of piperazine rings is 1. The summed E-state index contributed by atoms with van der Waals surface area (Å²) in [5, 5.41) is 7.34. The van der Waals surface area contributed by atoms with Gasteiger partial charge in [0.05, 0.1) is 12.6 Å². The fourth-order valence-electron chi connectivity index (χ4n) is 2.05. The van der Waals surface area contributed by atoms with Gasteiger partial charge in [-0.15, -0.1) is 0 Å². The standard InChI is InChI=1S/C11H18N4O/c1-9-6-12-3-4-15(9)11(16)5-10-7-13-14(2)8-10/h7-9,12H,3-6H2,1-2H3. The van der Waals surface area contributed by atoms with Crippen molar-refractivity contribution in [2.45, 2.75) is 19.4 Å². The van der Waals surface area contributed by atoms with E-state index in [4.69, 9.17) is 0 Å². The molecule has 1 aromatic rings. The largest absolute Gasteiger partial charge is 0.337 e. The summed E-state index contributed by atoms with van der Waals surface area (Å²) in [4.78, 5) is 14.0. The molecule has 88 valence electrons. The van der Waals surface area contributed by atoms with Crippen LogP contribution in [0.4, 0.5) is 0 Å². The van der Waals surface area contributed by atoms with Crippen molar-refractivity contribution in [1.29, 1.82) is 0 Å². The third kappa shape index (κ3) is 2.41. The van der Waals surface area contributed by atoms with Gasteiger partial charge in [0.25, 0.3) is 0 Å². The van der Waals surface area contributed by atoms with Crippen molar-refractivity contribution in [1.82, 2.24) is 20.0 Å². The summed E-state index contributed by atoms with van der Waals surface area (Å²) in [6, 6.07) is 0.290. The van der Waals surface area contributed by atoms with E-state index in [9.17, 15) is 4.79 Å². The molecular weight excluding hydrogens is 204 g/mol. The van der Waals surface area contributed by atoms with Crippen molar-refractivity contribution in [3.8, 4) is 0 Å². The SMILES string of the molecule is CC1CNCCN1C(=O)Cc1cnn(C)c1. The molecule has 1 atom stereocenters. The first-order valence-corrected chi connectivity index (χ1v) is 5.64. The fourth-order valence-corrected chi connectivity index (χ4v) is 2.05. The molecule has 0 spiro atoms.